The summed E-state index contributed by atoms with van der Waals surface area (Å²) < 4.78 is 32.2. The van der Waals surface area contributed by atoms with Crippen LogP contribution in [0.5, 0.6) is 0 Å². The summed E-state index contributed by atoms with van der Waals surface area (Å²) in [6.07, 6.45) is -0.0291. The second kappa shape index (κ2) is 6.37. The largest absolute Gasteiger partial charge is 0.465 e. The normalized spacial score (nSPS) is 18.2. The monoisotopic (exact) mass is 411 g/mol. The van der Waals surface area contributed by atoms with Gasteiger partial charge in [-0.05, 0) is 13.3 Å². The molecule has 5 nitrogen and oxygen atoms in total. The van der Waals surface area contributed by atoms with E-state index in [0.717, 1.165) is 0 Å². The summed E-state index contributed by atoms with van der Waals surface area (Å²) in [6, 6.07) is 0. The zero-order valence-corrected chi connectivity index (χ0v) is 14.0. The van der Waals surface area contributed by atoms with Gasteiger partial charge in [-0.25, -0.2) is 23.5 Å². The van der Waals surface area contributed by atoms with E-state index in [4.69, 9.17) is 4.74 Å². The zero-order chi connectivity index (χ0) is 15.6. The molecule has 1 aliphatic heterocycles. The van der Waals surface area contributed by atoms with Gasteiger partial charge in [0.25, 0.3) is 0 Å². The molecule has 1 aliphatic rings. The second-order valence-corrected chi connectivity index (χ2v) is 5.93. The van der Waals surface area contributed by atoms with Crippen LogP contribution in [-0.4, -0.2) is 42.1 Å². The summed E-state index contributed by atoms with van der Waals surface area (Å²) in [5, 5.41) is 0. The zero-order valence-electron chi connectivity index (χ0n) is 11.8. The Hall–Kier alpha value is -1.06. The lowest BCUT2D eigenvalue weighted by Crippen LogP contribution is -2.29. The van der Waals surface area contributed by atoms with Crippen LogP contribution in [0.15, 0.2) is 0 Å². The predicted octanol–water partition coefficient (Wildman–Crippen LogP) is 2.80. The van der Waals surface area contributed by atoms with E-state index in [-0.39, 0.29) is 24.9 Å². The van der Waals surface area contributed by atoms with Gasteiger partial charge in [0.15, 0.2) is 3.83 Å². The molecule has 116 valence electrons. The number of halogens is 3. The molecule has 2 heterocycles. The fourth-order valence-electron chi connectivity index (χ4n) is 2.37. The summed E-state index contributed by atoms with van der Waals surface area (Å²) in [4.78, 5) is 22.1. The molecule has 0 aromatic carbocycles. The maximum Gasteiger partial charge on any atom is 0.343 e. The van der Waals surface area contributed by atoms with Crippen LogP contribution in [-0.2, 0) is 4.74 Å². The van der Waals surface area contributed by atoms with Crippen molar-refractivity contribution < 1.29 is 18.3 Å². The van der Waals surface area contributed by atoms with Crippen LogP contribution in [0.4, 0.5) is 14.6 Å². The number of esters is 1. The lowest BCUT2D eigenvalue weighted by Gasteiger charge is -2.24. The number of aryl methyl sites for hydroxylation is 1. The Bertz CT molecular complexity index is 554. The van der Waals surface area contributed by atoms with Crippen LogP contribution in [0, 0.1) is 10.8 Å². The highest BCUT2D eigenvalue weighted by Gasteiger charge is 2.33. The SMILES string of the molecule is COC(=O)c1c(C)nc(I)nc1N1CCCC(F)(F)CC1. The van der Waals surface area contributed by atoms with Crippen molar-refractivity contribution in [1.82, 2.24) is 9.97 Å². The van der Waals surface area contributed by atoms with Gasteiger partial charge < -0.3 is 9.64 Å². The van der Waals surface area contributed by atoms with Crippen molar-refractivity contribution in [2.45, 2.75) is 32.1 Å². The number of rotatable bonds is 2. The molecule has 1 fully saturated rings. The van der Waals surface area contributed by atoms with Crippen molar-refractivity contribution in [3.8, 4) is 0 Å². The summed E-state index contributed by atoms with van der Waals surface area (Å²) in [5.74, 6) is -2.82. The highest BCUT2D eigenvalue weighted by Crippen LogP contribution is 2.31. The van der Waals surface area contributed by atoms with Crippen LogP contribution >= 0.6 is 22.6 Å². The molecule has 0 N–H and O–H groups in total. The van der Waals surface area contributed by atoms with Gasteiger partial charge in [0.05, 0.1) is 12.8 Å². The number of anilines is 1. The van der Waals surface area contributed by atoms with E-state index < -0.39 is 11.9 Å². The Morgan fingerprint density at radius 3 is 2.71 bits per heavy atom. The highest BCUT2D eigenvalue weighted by atomic mass is 127. The summed E-state index contributed by atoms with van der Waals surface area (Å²) in [7, 11) is 1.28. The third-order valence-corrected chi connectivity index (χ3v) is 3.93. The molecule has 0 spiro atoms. The van der Waals surface area contributed by atoms with Crippen LogP contribution < -0.4 is 4.90 Å². The Morgan fingerprint density at radius 1 is 1.33 bits per heavy atom. The fraction of sp³-hybridized carbons (Fsp3) is 0.615. The number of carbonyl (C=O) groups is 1. The molecular formula is C13H16F2IN3O2. The topological polar surface area (TPSA) is 55.3 Å². The van der Waals surface area contributed by atoms with Crippen LogP contribution in [0.25, 0.3) is 0 Å². The Labute approximate surface area is 135 Å². The number of carbonyl (C=O) groups excluding carboxylic acids is 1. The van der Waals surface area contributed by atoms with Crippen molar-refractivity contribution in [2.75, 3.05) is 25.1 Å². The first kappa shape index (κ1) is 16.3. The van der Waals surface area contributed by atoms with E-state index >= 15 is 0 Å². The number of methoxy groups -OCH3 is 1. The van der Waals surface area contributed by atoms with Gasteiger partial charge in [0, 0.05) is 48.5 Å². The molecule has 1 aromatic rings. The predicted molar refractivity (Wildman–Crippen MR) is 81.8 cm³/mol. The molecule has 21 heavy (non-hydrogen) atoms. The van der Waals surface area contributed by atoms with Gasteiger partial charge in [-0.3, -0.25) is 0 Å². The van der Waals surface area contributed by atoms with Gasteiger partial charge in [-0.2, -0.15) is 0 Å². The first-order chi connectivity index (χ1) is 9.84. The van der Waals surface area contributed by atoms with Crippen molar-refractivity contribution in [2.24, 2.45) is 0 Å². The fourth-order valence-corrected chi connectivity index (χ4v) is 2.96. The van der Waals surface area contributed by atoms with Crippen molar-refractivity contribution in [3.05, 3.63) is 15.1 Å². The van der Waals surface area contributed by atoms with Crippen molar-refractivity contribution >= 4 is 34.4 Å². The standard InChI is InChI=1S/C13H16F2IN3O2/c1-8-9(11(20)21-2)10(18-12(16)17-8)19-6-3-4-13(14,15)5-7-19/h3-7H2,1-2H3. The minimum atomic E-state index is -2.66. The summed E-state index contributed by atoms with van der Waals surface area (Å²) >= 11 is 1.95. The number of aromatic nitrogens is 2. The molecule has 0 saturated carbocycles. The molecule has 1 saturated heterocycles. The maximum absolute atomic E-state index is 13.5. The lowest BCUT2D eigenvalue weighted by atomic mass is 10.1. The number of hydrogen-bond acceptors (Lipinski definition) is 5. The van der Waals surface area contributed by atoms with Crippen molar-refractivity contribution in [3.63, 3.8) is 0 Å². The smallest absolute Gasteiger partial charge is 0.343 e. The minimum absolute atomic E-state index is 0.141. The quantitative estimate of drug-likeness (QED) is 0.426. The van der Waals surface area contributed by atoms with E-state index in [1.165, 1.54) is 7.11 Å². The van der Waals surface area contributed by atoms with Gasteiger partial charge in [-0.15, -0.1) is 0 Å². The van der Waals surface area contributed by atoms with E-state index in [0.29, 0.717) is 28.3 Å². The number of ether oxygens (including phenoxy) is 1. The molecule has 0 atom stereocenters. The van der Waals surface area contributed by atoms with Gasteiger partial charge >= 0.3 is 5.97 Å². The Kier molecular flexibility index (Phi) is 4.95. The third-order valence-electron chi connectivity index (χ3n) is 3.45. The molecule has 1 aromatic heterocycles. The molecular weight excluding hydrogens is 395 g/mol. The maximum atomic E-state index is 13.5. The minimum Gasteiger partial charge on any atom is -0.465 e. The Balaban J connectivity index is 2.40. The molecule has 0 bridgehead atoms. The first-order valence-corrected chi connectivity index (χ1v) is 7.67. The number of hydrogen-bond donors (Lipinski definition) is 0. The van der Waals surface area contributed by atoms with Crippen LogP contribution in [0.1, 0.15) is 35.3 Å². The van der Waals surface area contributed by atoms with E-state index in [1.807, 2.05) is 22.6 Å². The molecule has 2 rings (SSSR count). The van der Waals surface area contributed by atoms with E-state index in [2.05, 4.69) is 9.97 Å². The van der Waals surface area contributed by atoms with Crippen molar-refractivity contribution in [1.29, 1.82) is 0 Å². The highest BCUT2D eigenvalue weighted by molar-refractivity contribution is 14.1. The lowest BCUT2D eigenvalue weighted by molar-refractivity contribution is -0.0102. The molecule has 0 amide bonds. The van der Waals surface area contributed by atoms with E-state index in [1.54, 1.807) is 11.8 Å². The van der Waals surface area contributed by atoms with Gasteiger partial charge in [-0.1, -0.05) is 0 Å². The van der Waals surface area contributed by atoms with E-state index in [9.17, 15) is 13.6 Å². The first-order valence-electron chi connectivity index (χ1n) is 6.59. The summed E-state index contributed by atoms with van der Waals surface area (Å²) in [6.45, 7) is 2.28. The molecule has 0 radical (unpaired) electrons. The number of nitrogens with zero attached hydrogens (tertiary/aromatic N) is 3. The third kappa shape index (κ3) is 3.78. The number of alkyl halides is 2. The van der Waals surface area contributed by atoms with Crippen LogP contribution in [0.2, 0.25) is 0 Å². The molecule has 8 heteroatoms. The molecule has 0 unspecified atom stereocenters. The van der Waals surface area contributed by atoms with Gasteiger partial charge in [0.2, 0.25) is 5.92 Å². The second-order valence-electron chi connectivity index (χ2n) is 4.96. The average Bonchev–Trinajstić information content (AvgIpc) is 2.58. The van der Waals surface area contributed by atoms with Crippen LogP contribution in [0.3, 0.4) is 0 Å². The summed E-state index contributed by atoms with van der Waals surface area (Å²) in [5.41, 5.74) is 0.746. The Morgan fingerprint density at radius 2 is 2.05 bits per heavy atom. The van der Waals surface area contributed by atoms with Gasteiger partial charge in [0.1, 0.15) is 11.4 Å². The average molecular weight is 411 g/mol. The molecule has 0 aliphatic carbocycles.